The minimum Gasteiger partial charge on any atom is -0.390 e. The predicted octanol–water partition coefficient (Wildman–Crippen LogP) is 2.38. The van der Waals surface area contributed by atoms with Crippen LogP contribution in [0.15, 0.2) is 0 Å². The minimum atomic E-state index is -0.340. The number of nitrogens with zero attached hydrogens (tertiary/aromatic N) is 1. The van der Waals surface area contributed by atoms with Crippen LogP contribution in [0.4, 0.5) is 0 Å². The van der Waals surface area contributed by atoms with Crippen molar-refractivity contribution in [3.8, 4) is 0 Å². The van der Waals surface area contributed by atoms with Gasteiger partial charge >= 0.3 is 0 Å². The first-order chi connectivity index (χ1) is 9.62. The standard InChI is InChI=1S/C17H32N2O/c1-13-5-6-14(11-18)16(10-13)19-9-8-17(20)7-3-2-4-15(17)12-19/h13-16,20H,2-12,18H2,1H3. The van der Waals surface area contributed by atoms with Gasteiger partial charge in [0.05, 0.1) is 5.60 Å². The normalized spacial score (nSPS) is 47.0. The summed E-state index contributed by atoms with van der Waals surface area (Å²) in [7, 11) is 0. The number of fused-ring (bicyclic) bond motifs is 1. The molecule has 3 heteroatoms. The summed E-state index contributed by atoms with van der Waals surface area (Å²) in [6, 6.07) is 0.676. The Bertz CT molecular complexity index is 335. The molecule has 0 aromatic carbocycles. The zero-order valence-corrected chi connectivity index (χ0v) is 13.1. The topological polar surface area (TPSA) is 49.5 Å². The number of aliphatic hydroxyl groups is 1. The van der Waals surface area contributed by atoms with Gasteiger partial charge in [0.2, 0.25) is 0 Å². The summed E-state index contributed by atoms with van der Waals surface area (Å²) >= 11 is 0. The van der Waals surface area contributed by atoms with E-state index in [0.29, 0.717) is 17.9 Å². The largest absolute Gasteiger partial charge is 0.390 e. The van der Waals surface area contributed by atoms with E-state index >= 15 is 0 Å². The van der Waals surface area contributed by atoms with Crippen LogP contribution in [0, 0.1) is 17.8 Å². The molecule has 1 aliphatic heterocycles. The number of likely N-dealkylation sites (tertiary alicyclic amines) is 1. The number of rotatable bonds is 2. The van der Waals surface area contributed by atoms with Gasteiger partial charge in [-0.15, -0.1) is 0 Å². The summed E-state index contributed by atoms with van der Waals surface area (Å²) < 4.78 is 0. The highest BCUT2D eigenvalue weighted by Gasteiger charge is 2.45. The first kappa shape index (κ1) is 14.8. The van der Waals surface area contributed by atoms with Gasteiger partial charge in [0.15, 0.2) is 0 Å². The molecule has 3 N–H and O–H groups in total. The molecule has 1 heterocycles. The van der Waals surface area contributed by atoms with Crippen LogP contribution in [0.3, 0.4) is 0 Å². The van der Waals surface area contributed by atoms with E-state index in [1.54, 1.807) is 0 Å². The Kier molecular flexibility index (Phi) is 4.40. The number of piperidine rings is 1. The summed E-state index contributed by atoms with van der Waals surface area (Å²) in [4.78, 5) is 2.69. The molecule has 5 atom stereocenters. The summed E-state index contributed by atoms with van der Waals surface area (Å²) in [5.74, 6) is 2.04. The van der Waals surface area contributed by atoms with Gasteiger partial charge in [-0.2, -0.15) is 0 Å². The zero-order chi connectivity index (χ0) is 14.2. The maximum absolute atomic E-state index is 10.8. The Balaban J connectivity index is 1.68. The first-order valence-corrected chi connectivity index (χ1v) is 8.79. The summed E-state index contributed by atoms with van der Waals surface area (Å²) in [6.07, 6.45) is 9.73. The van der Waals surface area contributed by atoms with Crippen molar-refractivity contribution in [2.24, 2.45) is 23.5 Å². The minimum absolute atomic E-state index is 0.340. The molecular weight excluding hydrogens is 248 g/mol. The third-order valence-corrected chi connectivity index (χ3v) is 6.45. The van der Waals surface area contributed by atoms with Crippen molar-refractivity contribution in [1.29, 1.82) is 0 Å². The maximum Gasteiger partial charge on any atom is 0.0700 e. The van der Waals surface area contributed by atoms with Gasteiger partial charge in [0, 0.05) is 25.0 Å². The second-order valence-electron chi connectivity index (χ2n) is 7.77. The van der Waals surface area contributed by atoms with Gasteiger partial charge in [-0.25, -0.2) is 0 Å². The predicted molar refractivity (Wildman–Crippen MR) is 82.4 cm³/mol. The van der Waals surface area contributed by atoms with Crippen molar-refractivity contribution in [2.75, 3.05) is 19.6 Å². The highest BCUT2D eigenvalue weighted by atomic mass is 16.3. The fourth-order valence-corrected chi connectivity index (χ4v) is 5.03. The van der Waals surface area contributed by atoms with E-state index in [9.17, 15) is 5.11 Å². The van der Waals surface area contributed by atoms with Gasteiger partial charge in [0.25, 0.3) is 0 Å². The lowest BCUT2D eigenvalue weighted by Gasteiger charge is -2.52. The molecule has 0 aromatic heterocycles. The van der Waals surface area contributed by atoms with E-state index < -0.39 is 0 Å². The van der Waals surface area contributed by atoms with Gasteiger partial charge in [-0.1, -0.05) is 26.2 Å². The van der Waals surface area contributed by atoms with Gasteiger partial charge in [-0.05, 0) is 50.5 Å². The zero-order valence-electron chi connectivity index (χ0n) is 13.1. The Labute approximate surface area is 123 Å². The Hall–Kier alpha value is -0.120. The van der Waals surface area contributed by atoms with E-state index in [0.717, 1.165) is 38.4 Å². The van der Waals surface area contributed by atoms with Crippen LogP contribution in [0.5, 0.6) is 0 Å². The van der Waals surface area contributed by atoms with E-state index in [1.165, 1.54) is 38.5 Å². The van der Waals surface area contributed by atoms with Crippen LogP contribution in [-0.4, -0.2) is 41.3 Å². The molecule has 0 radical (unpaired) electrons. The summed E-state index contributed by atoms with van der Waals surface area (Å²) in [5, 5.41) is 10.8. The van der Waals surface area contributed by atoms with Gasteiger partial charge in [0.1, 0.15) is 0 Å². The molecule has 0 bridgehead atoms. The lowest BCUT2D eigenvalue weighted by molar-refractivity contribution is -0.110. The molecule has 2 saturated carbocycles. The molecule has 3 nitrogen and oxygen atoms in total. The molecule has 0 amide bonds. The van der Waals surface area contributed by atoms with Crippen LogP contribution in [0.2, 0.25) is 0 Å². The number of nitrogens with two attached hydrogens (primary N) is 1. The van der Waals surface area contributed by atoms with Crippen LogP contribution >= 0.6 is 0 Å². The lowest BCUT2D eigenvalue weighted by atomic mass is 9.69. The van der Waals surface area contributed by atoms with Gasteiger partial charge in [-0.3, -0.25) is 4.90 Å². The van der Waals surface area contributed by atoms with Crippen molar-refractivity contribution in [1.82, 2.24) is 4.90 Å². The second kappa shape index (κ2) is 5.94. The van der Waals surface area contributed by atoms with Crippen molar-refractivity contribution < 1.29 is 5.11 Å². The highest BCUT2D eigenvalue weighted by Crippen LogP contribution is 2.42. The van der Waals surface area contributed by atoms with Crippen LogP contribution in [-0.2, 0) is 0 Å². The van der Waals surface area contributed by atoms with Crippen molar-refractivity contribution in [3.05, 3.63) is 0 Å². The fraction of sp³-hybridized carbons (Fsp3) is 1.00. The van der Waals surface area contributed by atoms with E-state index in [-0.39, 0.29) is 5.60 Å². The average Bonchev–Trinajstić information content (AvgIpc) is 2.46. The fourth-order valence-electron chi connectivity index (χ4n) is 5.03. The first-order valence-electron chi connectivity index (χ1n) is 8.79. The molecule has 2 aliphatic carbocycles. The third-order valence-electron chi connectivity index (χ3n) is 6.45. The molecular formula is C17H32N2O. The molecule has 3 fully saturated rings. The molecule has 0 spiro atoms. The second-order valence-corrected chi connectivity index (χ2v) is 7.77. The average molecular weight is 280 g/mol. The Morgan fingerprint density at radius 1 is 1.20 bits per heavy atom. The van der Waals surface area contributed by atoms with Crippen LogP contribution in [0.25, 0.3) is 0 Å². The molecule has 5 unspecified atom stereocenters. The van der Waals surface area contributed by atoms with Crippen LogP contribution in [0.1, 0.15) is 58.3 Å². The number of hydrogen-bond donors (Lipinski definition) is 2. The molecule has 116 valence electrons. The Morgan fingerprint density at radius 2 is 2.05 bits per heavy atom. The molecule has 20 heavy (non-hydrogen) atoms. The quantitative estimate of drug-likeness (QED) is 0.816. The summed E-state index contributed by atoms with van der Waals surface area (Å²) in [6.45, 7) is 5.43. The van der Waals surface area contributed by atoms with Crippen LogP contribution < -0.4 is 5.73 Å². The molecule has 0 aromatic rings. The van der Waals surface area contributed by atoms with Crippen molar-refractivity contribution in [2.45, 2.75) is 69.9 Å². The third kappa shape index (κ3) is 2.77. The van der Waals surface area contributed by atoms with E-state index in [4.69, 9.17) is 5.73 Å². The SMILES string of the molecule is CC1CCC(CN)C(N2CCC3(O)CCCCC3C2)C1. The van der Waals surface area contributed by atoms with E-state index in [1.807, 2.05) is 0 Å². The molecule has 3 aliphatic rings. The maximum atomic E-state index is 10.8. The summed E-state index contributed by atoms with van der Waals surface area (Å²) in [5.41, 5.74) is 5.69. The molecule has 1 saturated heterocycles. The smallest absolute Gasteiger partial charge is 0.0700 e. The monoisotopic (exact) mass is 280 g/mol. The molecule has 3 rings (SSSR count). The lowest BCUT2D eigenvalue weighted by Crippen LogP contribution is -2.58. The Morgan fingerprint density at radius 3 is 2.85 bits per heavy atom. The van der Waals surface area contributed by atoms with E-state index in [2.05, 4.69) is 11.8 Å². The highest BCUT2D eigenvalue weighted by molar-refractivity contribution is 4.98. The van der Waals surface area contributed by atoms with Crippen molar-refractivity contribution >= 4 is 0 Å². The number of hydrogen-bond acceptors (Lipinski definition) is 3. The van der Waals surface area contributed by atoms with Crippen molar-refractivity contribution in [3.63, 3.8) is 0 Å². The van der Waals surface area contributed by atoms with Gasteiger partial charge < -0.3 is 10.8 Å².